The Morgan fingerprint density at radius 1 is 1.27 bits per heavy atom. The molecule has 0 unspecified atom stereocenters. The number of fused-ring (bicyclic) bond motifs is 2. The highest BCUT2D eigenvalue weighted by atomic mass is 35.5. The Labute approximate surface area is 162 Å². The van der Waals surface area contributed by atoms with Gasteiger partial charge in [-0.3, -0.25) is 0 Å². The van der Waals surface area contributed by atoms with Crippen LogP contribution < -0.4 is 4.85 Å². The molecule has 0 saturated carbocycles. The highest BCUT2D eigenvalue weighted by Gasteiger charge is 2.32. The predicted molar refractivity (Wildman–Crippen MR) is 108 cm³/mol. The van der Waals surface area contributed by atoms with E-state index < -0.39 is 0 Å². The van der Waals surface area contributed by atoms with Gasteiger partial charge in [0.25, 0.3) is 5.69 Å². The lowest BCUT2D eigenvalue weighted by Crippen LogP contribution is -2.42. The van der Waals surface area contributed by atoms with E-state index in [-0.39, 0.29) is 0 Å². The minimum Gasteiger partial charge on any atom is -0.595 e. The smallest absolute Gasteiger partial charge is 0.261 e. The molecule has 0 fully saturated rings. The van der Waals surface area contributed by atoms with Crippen LogP contribution in [-0.4, -0.2) is 29.2 Å². The first-order valence-electron chi connectivity index (χ1n) is 8.82. The van der Waals surface area contributed by atoms with Crippen LogP contribution in [0, 0.1) is 12.1 Å². The molecule has 0 bridgehead atoms. The molecule has 2 aromatic carbocycles. The highest BCUT2D eigenvalue weighted by molar-refractivity contribution is 7.99. The van der Waals surface area contributed by atoms with Crippen molar-refractivity contribution in [3.63, 3.8) is 0 Å². The molecule has 0 atom stereocenters. The second-order valence-corrected chi connectivity index (χ2v) is 8.66. The van der Waals surface area contributed by atoms with E-state index in [2.05, 4.69) is 44.9 Å². The van der Waals surface area contributed by atoms with E-state index >= 15 is 0 Å². The van der Waals surface area contributed by atoms with E-state index in [0.29, 0.717) is 17.6 Å². The van der Waals surface area contributed by atoms with Crippen LogP contribution in [0.4, 0.5) is 0 Å². The average Bonchev–Trinajstić information content (AvgIpc) is 2.88. The zero-order valence-corrected chi connectivity index (χ0v) is 17.0. The van der Waals surface area contributed by atoms with Crippen molar-refractivity contribution in [1.82, 2.24) is 9.58 Å². The van der Waals surface area contributed by atoms with Crippen LogP contribution in [0.5, 0.6) is 0 Å². The molecule has 6 heteroatoms. The second-order valence-electron chi connectivity index (χ2n) is 7.17. The Kier molecular flexibility index (Phi) is 4.41. The number of halogens is 1. The summed E-state index contributed by atoms with van der Waals surface area (Å²) in [7, 11) is 2.09. The average molecular weight is 388 g/mol. The van der Waals surface area contributed by atoms with Crippen molar-refractivity contribution >= 4 is 34.3 Å². The molecule has 26 heavy (non-hydrogen) atoms. The fourth-order valence-corrected chi connectivity index (χ4v) is 4.86. The summed E-state index contributed by atoms with van der Waals surface area (Å²) in [5, 5.41) is 15.0. The molecule has 3 aromatic rings. The topological polar surface area (TPSA) is 35.1 Å². The maximum atomic E-state index is 13.3. The number of benzene rings is 2. The number of hydrogen-bond donors (Lipinski definition) is 0. The number of rotatable bonds is 4. The zero-order valence-electron chi connectivity index (χ0n) is 15.4. The Bertz CT molecular complexity index is 1010. The van der Waals surface area contributed by atoms with E-state index in [1.165, 1.54) is 5.56 Å². The van der Waals surface area contributed by atoms with Gasteiger partial charge in [-0.05, 0) is 57.6 Å². The summed E-state index contributed by atoms with van der Waals surface area (Å²) in [6, 6.07) is 10.4. The van der Waals surface area contributed by atoms with Crippen molar-refractivity contribution in [2.45, 2.75) is 43.1 Å². The van der Waals surface area contributed by atoms with E-state index in [4.69, 9.17) is 11.6 Å². The molecule has 1 aliphatic heterocycles. The maximum Gasteiger partial charge on any atom is 0.261 e. The molecule has 0 radical (unpaired) electrons. The van der Waals surface area contributed by atoms with Gasteiger partial charge in [-0.25, -0.2) is 0 Å². The number of aryl methyl sites for hydroxylation is 1. The third kappa shape index (κ3) is 2.70. The van der Waals surface area contributed by atoms with E-state index in [0.717, 1.165) is 43.3 Å². The van der Waals surface area contributed by atoms with Crippen LogP contribution in [0.1, 0.15) is 19.4 Å². The van der Waals surface area contributed by atoms with Gasteiger partial charge in [0.2, 0.25) is 0 Å². The van der Waals surface area contributed by atoms with Crippen LogP contribution in [-0.2, 0) is 6.54 Å². The standard InChI is InChI=1S/C20H22ClN3OS/c1-12(2)22(4)9-10-23-16-8-5-13(3)20-18(16)19(24(23)25)15-7-6-14(21)11-17(15)26-20/h5-8,11-12H,9-10H2,1-4H3. The van der Waals surface area contributed by atoms with Gasteiger partial charge >= 0.3 is 0 Å². The monoisotopic (exact) mass is 387 g/mol. The van der Waals surface area contributed by atoms with Crippen LogP contribution in [0.2, 0.25) is 5.02 Å². The summed E-state index contributed by atoms with van der Waals surface area (Å²) >= 11 is 7.90. The van der Waals surface area contributed by atoms with E-state index in [1.54, 1.807) is 11.8 Å². The lowest BCUT2D eigenvalue weighted by atomic mass is 10.0. The van der Waals surface area contributed by atoms with E-state index in [1.807, 2.05) is 22.9 Å². The molecular formula is C20H22ClN3OS. The van der Waals surface area contributed by atoms with Crippen LogP contribution >= 0.6 is 23.4 Å². The first kappa shape index (κ1) is 17.7. The van der Waals surface area contributed by atoms with Crippen molar-refractivity contribution in [1.29, 1.82) is 0 Å². The van der Waals surface area contributed by atoms with Gasteiger partial charge in [-0.1, -0.05) is 34.3 Å². The summed E-state index contributed by atoms with van der Waals surface area (Å²) in [4.78, 5) is 5.53. The molecule has 0 saturated heterocycles. The normalized spacial score (nSPS) is 13.0. The van der Waals surface area contributed by atoms with E-state index in [9.17, 15) is 5.21 Å². The van der Waals surface area contributed by atoms with Gasteiger partial charge in [0, 0.05) is 27.4 Å². The summed E-state index contributed by atoms with van der Waals surface area (Å²) in [6.45, 7) is 7.91. The Morgan fingerprint density at radius 2 is 2.04 bits per heavy atom. The number of likely N-dealkylation sites (N-methyl/N-ethyl adjacent to an activating group) is 1. The van der Waals surface area contributed by atoms with Gasteiger partial charge in [0.1, 0.15) is 5.52 Å². The fourth-order valence-electron chi connectivity index (χ4n) is 3.41. The van der Waals surface area contributed by atoms with Gasteiger partial charge in [-0.15, -0.1) is 4.68 Å². The molecule has 1 aromatic heterocycles. The summed E-state index contributed by atoms with van der Waals surface area (Å²) in [6.07, 6.45) is 0. The van der Waals surface area contributed by atoms with Gasteiger partial charge in [0.15, 0.2) is 0 Å². The molecule has 0 N–H and O–H groups in total. The first-order chi connectivity index (χ1) is 12.4. The molecule has 0 aliphatic carbocycles. The first-order valence-corrected chi connectivity index (χ1v) is 10.0. The SMILES string of the molecule is Cc1ccc2c3c1Sc1cc(Cl)ccc1-c3[n+]([O-])n2CCN(C)C(C)C. The largest absolute Gasteiger partial charge is 0.595 e. The van der Waals surface area contributed by atoms with Gasteiger partial charge in [-0.2, -0.15) is 0 Å². The summed E-state index contributed by atoms with van der Waals surface area (Å²) < 4.78 is 1.86. The van der Waals surface area contributed by atoms with Crippen molar-refractivity contribution in [2.24, 2.45) is 0 Å². The molecule has 0 spiro atoms. The molecule has 1 aliphatic rings. The highest BCUT2D eigenvalue weighted by Crippen LogP contribution is 2.48. The van der Waals surface area contributed by atoms with Crippen LogP contribution in [0.25, 0.3) is 22.2 Å². The quantitative estimate of drug-likeness (QED) is 0.376. The molecule has 0 amide bonds. The van der Waals surface area contributed by atoms with Crippen molar-refractivity contribution < 1.29 is 4.85 Å². The molecule has 4 nitrogen and oxygen atoms in total. The minimum absolute atomic E-state index is 0.448. The maximum absolute atomic E-state index is 13.3. The Hall–Kier alpha value is -1.69. The zero-order chi connectivity index (χ0) is 18.6. The Balaban J connectivity index is 1.92. The molecular weight excluding hydrogens is 366 g/mol. The predicted octanol–water partition coefficient (Wildman–Crippen LogP) is 4.71. The second kappa shape index (κ2) is 6.48. The molecule has 136 valence electrons. The van der Waals surface area contributed by atoms with Crippen LogP contribution in [0.3, 0.4) is 0 Å². The third-order valence-corrected chi connectivity index (χ3v) is 6.74. The Morgan fingerprint density at radius 3 is 2.77 bits per heavy atom. The minimum atomic E-state index is 0.448. The lowest BCUT2D eigenvalue weighted by molar-refractivity contribution is -0.681. The number of hydrogen-bond acceptors (Lipinski definition) is 3. The van der Waals surface area contributed by atoms with Gasteiger partial charge in [0.05, 0.1) is 17.5 Å². The number of aromatic nitrogens is 2. The molecule has 4 rings (SSSR count). The van der Waals surface area contributed by atoms with Gasteiger partial charge < -0.3 is 10.1 Å². The number of nitrogens with zero attached hydrogens (tertiary/aromatic N) is 3. The van der Waals surface area contributed by atoms with Crippen LogP contribution in [0.15, 0.2) is 40.1 Å². The molecule has 2 heterocycles. The van der Waals surface area contributed by atoms with Crippen molar-refractivity contribution in [3.8, 4) is 11.3 Å². The summed E-state index contributed by atoms with van der Waals surface area (Å²) in [5.41, 5.74) is 3.90. The van der Waals surface area contributed by atoms with Crippen molar-refractivity contribution in [3.05, 3.63) is 46.1 Å². The fraction of sp³-hybridized carbons (Fsp3) is 0.350. The van der Waals surface area contributed by atoms with Crippen molar-refractivity contribution in [2.75, 3.05) is 13.6 Å². The lowest BCUT2D eigenvalue weighted by Gasteiger charge is -2.20. The summed E-state index contributed by atoms with van der Waals surface area (Å²) in [5.74, 6) is 0. The third-order valence-electron chi connectivity index (χ3n) is 5.21.